The molecule has 0 bridgehead atoms. The second kappa shape index (κ2) is 4.65. The molecule has 2 aromatic rings. The van der Waals surface area contributed by atoms with Crippen molar-refractivity contribution in [2.24, 2.45) is 0 Å². The standard InChI is InChI=1S/C14H9NO6S/c15-12-10(21-22(18,19)20)6-5-9-11(12)14(17)8-4-2-1-3-7(8)13(9)16/h1-6H,15H2,(H,18,19,20). The third kappa shape index (κ3) is 2.14. The summed E-state index contributed by atoms with van der Waals surface area (Å²) < 4.78 is 34.6. The highest BCUT2D eigenvalue weighted by Crippen LogP contribution is 2.36. The molecule has 0 saturated carbocycles. The zero-order valence-electron chi connectivity index (χ0n) is 10.9. The summed E-state index contributed by atoms with van der Waals surface area (Å²) in [5.41, 5.74) is 5.78. The van der Waals surface area contributed by atoms with Crippen molar-refractivity contribution in [3.8, 4) is 5.75 Å². The second-order valence-corrected chi connectivity index (χ2v) is 5.64. The van der Waals surface area contributed by atoms with E-state index in [4.69, 9.17) is 10.3 Å². The number of ketones is 2. The van der Waals surface area contributed by atoms with Crippen molar-refractivity contribution < 1.29 is 26.7 Å². The number of nitrogen functional groups attached to an aromatic ring is 1. The van der Waals surface area contributed by atoms with Gasteiger partial charge in [-0.3, -0.25) is 14.1 Å². The Morgan fingerprint density at radius 3 is 2.09 bits per heavy atom. The van der Waals surface area contributed by atoms with Gasteiger partial charge in [0.25, 0.3) is 0 Å². The fraction of sp³-hybridized carbons (Fsp3) is 0. The number of nitrogens with two attached hydrogens (primary N) is 1. The summed E-state index contributed by atoms with van der Waals surface area (Å²) >= 11 is 0. The van der Waals surface area contributed by atoms with Crippen LogP contribution in [-0.2, 0) is 10.4 Å². The quantitative estimate of drug-likeness (QED) is 0.537. The van der Waals surface area contributed by atoms with E-state index < -0.39 is 27.7 Å². The Bertz CT molecular complexity index is 932. The molecule has 3 rings (SSSR count). The van der Waals surface area contributed by atoms with Crippen LogP contribution < -0.4 is 9.92 Å². The molecule has 1 aliphatic carbocycles. The van der Waals surface area contributed by atoms with Crippen molar-refractivity contribution in [2.45, 2.75) is 0 Å². The maximum Gasteiger partial charge on any atom is 0.446 e. The van der Waals surface area contributed by atoms with Gasteiger partial charge in [0.15, 0.2) is 17.3 Å². The van der Waals surface area contributed by atoms with Crippen LogP contribution in [0.4, 0.5) is 5.69 Å². The molecule has 0 heterocycles. The van der Waals surface area contributed by atoms with Crippen LogP contribution in [0.25, 0.3) is 0 Å². The monoisotopic (exact) mass is 319 g/mol. The maximum atomic E-state index is 12.5. The van der Waals surface area contributed by atoms with Gasteiger partial charge in [-0.05, 0) is 12.1 Å². The van der Waals surface area contributed by atoms with E-state index in [2.05, 4.69) is 4.18 Å². The predicted octanol–water partition coefficient (Wildman–Crippen LogP) is 1.23. The molecule has 0 aliphatic heterocycles. The molecule has 112 valence electrons. The van der Waals surface area contributed by atoms with Crippen molar-refractivity contribution in [1.29, 1.82) is 0 Å². The Morgan fingerprint density at radius 1 is 0.909 bits per heavy atom. The van der Waals surface area contributed by atoms with Crippen LogP contribution in [0.1, 0.15) is 31.8 Å². The van der Waals surface area contributed by atoms with Gasteiger partial charge in [-0.2, -0.15) is 8.42 Å². The lowest BCUT2D eigenvalue weighted by atomic mass is 9.83. The Balaban J connectivity index is 2.24. The minimum Gasteiger partial charge on any atom is -0.395 e. The van der Waals surface area contributed by atoms with Gasteiger partial charge >= 0.3 is 10.4 Å². The first kappa shape index (κ1) is 14.2. The summed E-state index contributed by atoms with van der Waals surface area (Å²) in [5.74, 6) is -1.32. The van der Waals surface area contributed by atoms with E-state index in [-0.39, 0.29) is 27.9 Å². The third-order valence-electron chi connectivity index (χ3n) is 3.29. The van der Waals surface area contributed by atoms with Crippen molar-refractivity contribution in [1.82, 2.24) is 0 Å². The lowest BCUT2D eigenvalue weighted by molar-refractivity contribution is 0.0979. The van der Waals surface area contributed by atoms with E-state index in [1.807, 2.05) is 0 Å². The minimum absolute atomic E-state index is 0.0592. The first-order chi connectivity index (χ1) is 10.3. The molecule has 22 heavy (non-hydrogen) atoms. The number of carbonyl (C=O) groups is 2. The van der Waals surface area contributed by atoms with Gasteiger partial charge in [0.05, 0.1) is 11.3 Å². The van der Waals surface area contributed by atoms with E-state index in [1.54, 1.807) is 12.1 Å². The normalized spacial score (nSPS) is 13.5. The lowest BCUT2D eigenvalue weighted by Crippen LogP contribution is -2.23. The fourth-order valence-corrected chi connectivity index (χ4v) is 2.75. The van der Waals surface area contributed by atoms with Gasteiger partial charge in [-0.1, -0.05) is 24.3 Å². The predicted molar refractivity (Wildman–Crippen MR) is 76.3 cm³/mol. The Kier molecular flexibility index (Phi) is 3.01. The summed E-state index contributed by atoms with van der Waals surface area (Å²) in [7, 11) is -4.79. The average molecular weight is 319 g/mol. The Morgan fingerprint density at radius 2 is 1.50 bits per heavy atom. The average Bonchev–Trinajstić information content (AvgIpc) is 2.45. The van der Waals surface area contributed by atoms with Crippen molar-refractivity contribution >= 4 is 27.7 Å². The molecule has 8 heteroatoms. The van der Waals surface area contributed by atoms with Gasteiger partial charge < -0.3 is 9.92 Å². The molecular weight excluding hydrogens is 310 g/mol. The topological polar surface area (TPSA) is 124 Å². The number of fused-ring (bicyclic) bond motifs is 2. The number of anilines is 1. The van der Waals surface area contributed by atoms with Crippen LogP contribution in [0.15, 0.2) is 36.4 Å². The van der Waals surface area contributed by atoms with Crippen LogP contribution in [0.2, 0.25) is 0 Å². The van der Waals surface area contributed by atoms with Gasteiger partial charge in [0.2, 0.25) is 0 Å². The van der Waals surface area contributed by atoms with Crippen LogP contribution >= 0.6 is 0 Å². The van der Waals surface area contributed by atoms with Crippen molar-refractivity contribution in [3.63, 3.8) is 0 Å². The number of benzene rings is 2. The molecule has 0 unspecified atom stereocenters. The summed E-state index contributed by atoms with van der Waals surface area (Å²) in [4.78, 5) is 24.9. The van der Waals surface area contributed by atoms with E-state index in [0.29, 0.717) is 0 Å². The molecule has 0 saturated heterocycles. The van der Waals surface area contributed by atoms with E-state index in [9.17, 15) is 18.0 Å². The van der Waals surface area contributed by atoms with Crippen LogP contribution in [0.5, 0.6) is 5.75 Å². The first-order valence-corrected chi connectivity index (χ1v) is 7.44. The molecule has 7 nitrogen and oxygen atoms in total. The molecule has 0 fully saturated rings. The molecule has 3 N–H and O–H groups in total. The Hall–Kier alpha value is -2.71. The van der Waals surface area contributed by atoms with Crippen LogP contribution in [0, 0.1) is 0 Å². The molecular formula is C14H9NO6S. The molecule has 0 aromatic heterocycles. The third-order valence-corrected chi connectivity index (χ3v) is 3.68. The van der Waals surface area contributed by atoms with Crippen LogP contribution in [0.3, 0.4) is 0 Å². The van der Waals surface area contributed by atoms with E-state index in [0.717, 1.165) is 6.07 Å². The largest absolute Gasteiger partial charge is 0.446 e. The number of hydrogen-bond donors (Lipinski definition) is 2. The number of rotatable bonds is 2. The molecule has 0 spiro atoms. The van der Waals surface area contributed by atoms with Gasteiger partial charge in [0, 0.05) is 16.7 Å². The highest BCUT2D eigenvalue weighted by Gasteiger charge is 2.32. The summed E-state index contributed by atoms with van der Waals surface area (Å²) in [6.45, 7) is 0. The second-order valence-electron chi connectivity index (χ2n) is 4.61. The van der Waals surface area contributed by atoms with Crippen LogP contribution in [-0.4, -0.2) is 24.5 Å². The van der Waals surface area contributed by atoms with E-state index >= 15 is 0 Å². The summed E-state index contributed by atoms with van der Waals surface area (Å²) in [5, 5.41) is 0. The van der Waals surface area contributed by atoms with Crippen molar-refractivity contribution in [2.75, 3.05) is 5.73 Å². The van der Waals surface area contributed by atoms with Gasteiger partial charge in [0.1, 0.15) is 0 Å². The highest BCUT2D eigenvalue weighted by molar-refractivity contribution is 7.81. The highest BCUT2D eigenvalue weighted by atomic mass is 32.3. The maximum absolute atomic E-state index is 12.5. The van der Waals surface area contributed by atoms with Gasteiger partial charge in [-0.25, -0.2) is 0 Å². The molecule has 0 amide bonds. The zero-order chi connectivity index (χ0) is 16.1. The first-order valence-electron chi connectivity index (χ1n) is 6.07. The smallest absolute Gasteiger partial charge is 0.395 e. The SMILES string of the molecule is Nc1c(OS(=O)(=O)O)ccc2c1C(=O)c1ccccc1C2=O. The minimum atomic E-state index is -4.79. The summed E-state index contributed by atoms with van der Waals surface area (Å²) in [6, 6.07) is 8.59. The molecule has 0 radical (unpaired) electrons. The molecule has 2 aromatic carbocycles. The van der Waals surface area contributed by atoms with Crippen molar-refractivity contribution in [3.05, 3.63) is 58.7 Å². The van der Waals surface area contributed by atoms with E-state index in [1.165, 1.54) is 18.2 Å². The van der Waals surface area contributed by atoms with Gasteiger partial charge in [-0.15, -0.1) is 0 Å². The molecule has 0 atom stereocenters. The molecule has 1 aliphatic rings. The zero-order valence-corrected chi connectivity index (χ0v) is 11.8. The Labute approximate surface area is 125 Å². The fourth-order valence-electron chi connectivity index (χ4n) is 2.38. The number of hydrogen-bond acceptors (Lipinski definition) is 6. The number of carbonyl (C=O) groups excluding carboxylic acids is 2. The lowest BCUT2D eigenvalue weighted by Gasteiger charge is -2.19. The summed E-state index contributed by atoms with van der Waals surface area (Å²) in [6.07, 6.45) is 0.